The van der Waals surface area contributed by atoms with Gasteiger partial charge in [-0.25, -0.2) is 0 Å². The minimum atomic E-state index is -0.400. The Bertz CT molecular complexity index is 604. The van der Waals surface area contributed by atoms with Crippen LogP contribution in [0.15, 0.2) is 24.4 Å². The van der Waals surface area contributed by atoms with Crippen LogP contribution >= 0.6 is 12.4 Å². The third kappa shape index (κ3) is 2.51. The molecule has 0 spiro atoms. The zero-order valence-electron chi connectivity index (χ0n) is 11.4. The van der Waals surface area contributed by atoms with Crippen LogP contribution in [0.1, 0.15) is 26.2 Å². The van der Waals surface area contributed by atoms with Gasteiger partial charge in [-0.15, -0.1) is 12.4 Å². The first-order valence-electron chi connectivity index (χ1n) is 6.73. The smallest absolute Gasteiger partial charge is 0.244 e. The lowest BCUT2D eigenvalue weighted by molar-refractivity contribution is -0.122. The maximum atomic E-state index is 12.4. The van der Waals surface area contributed by atoms with Crippen LogP contribution in [0.3, 0.4) is 0 Å². The van der Waals surface area contributed by atoms with Gasteiger partial charge >= 0.3 is 0 Å². The molecule has 1 aromatic carbocycles. The molecule has 2 aromatic rings. The SMILES string of the molecule is CCC1(C(=O)Nc2ccc3cn[nH]c3c2)CCCN1.Cl. The molecule has 0 radical (unpaired) electrons. The minimum absolute atomic E-state index is 0. The number of benzene rings is 1. The highest BCUT2D eigenvalue weighted by molar-refractivity contribution is 5.99. The summed E-state index contributed by atoms with van der Waals surface area (Å²) in [6, 6.07) is 5.78. The van der Waals surface area contributed by atoms with Gasteiger partial charge in [0.2, 0.25) is 5.91 Å². The van der Waals surface area contributed by atoms with Crippen LogP contribution in [0.4, 0.5) is 5.69 Å². The summed E-state index contributed by atoms with van der Waals surface area (Å²) in [6.45, 7) is 2.97. The summed E-state index contributed by atoms with van der Waals surface area (Å²) in [5, 5.41) is 14.3. The number of carbonyl (C=O) groups is 1. The molecule has 20 heavy (non-hydrogen) atoms. The third-order valence-electron chi connectivity index (χ3n) is 3.98. The Morgan fingerprint density at radius 2 is 2.35 bits per heavy atom. The third-order valence-corrected chi connectivity index (χ3v) is 3.98. The summed E-state index contributed by atoms with van der Waals surface area (Å²) in [6.07, 6.45) is 4.54. The Morgan fingerprint density at radius 1 is 1.50 bits per heavy atom. The van der Waals surface area contributed by atoms with Crippen LogP contribution in [0.5, 0.6) is 0 Å². The number of aromatic nitrogens is 2. The molecular weight excluding hydrogens is 276 g/mol. The quantitative estimate of drug-likeness (QED) is 0.814. The van der Waals surface area contributed by atoms with Crippen molar-refractivity contribution in [3.63, 3.8) is 0 Å². The number of hydrogen-bond acceptors (Lipinski definition) is 3. The van der Waals surface area contributed by atoms with Crippen molar-refractivity contribution in [2.75, 3.05) is 11.9 Å². The lowest BCUT2D eigenvalue weighted by Crippen LogP contribution is -2.50. The highest BCUT2D eigenvalue weighted by atomic mass is 35.5. The zero-order valence-corrected chi connectivity index (χ0v) is 12.2. The average Bonchev–Trinajstić information content (AvgIpc) is 3.07. The maximum absolute atomic E-state index is 12.4. The lowest BCUT2D eigenvalue weighted by atomic mass is 9.93. The zero-order chi connectivity index (χ0) is 13.3. The Labute approximate surface area is 123 Å². The van der Waals surface area contributed by atoms with E-state index in [1.807, 2.05) is 18.2 Å². The first kappa shape index (κ1) is 14.8. The largest absolute Gasteiger partial charge is 0.324 e. The van der Waals surface area contributed by atoms with Crippen molar-refractivity contribution in [1.29, 1.82) is 0 Å². The van der Waals surface area contributed by atoms with Gasteiger partial charge in [0.15, 0.2) is 0 Å². The van der Waals surface area contributed by atoms with Crippen LogP contribution in [0.25, 0.3) is 10.9 Å². The molecule has 5 nitrogen and oxygen atoms in total. The van der Waals surface area contributed by atoms with Crippen molar-refractivity contribution in [1.82, 2.24) is 15.5 Å². The van der Waals surface area contributed by atoms with Crippen LogP contribution in [0.2, 0.25) is 0 Å². The standard InChI is InChI=1S/C14H18N4O.ClH/c1-2-14(6-3-7-15-14)13(19)17-11-5-4-10-9-16-18-12(10)8-11;/h4-5,8-9,15H,2-3,6-7H2,1H3,(H,16,18)(H,17,19);1H. The number of rotatable bonds is 3. The summed E-state index contributed by atoms with van der Waals surface area (Å²) < 4.78 is 0. The Balaban J connectivity index is 0.00000147. The van der Waals surface area contributed by atoms with Gasteiger partial charge in [-0.1, -0.05) is 6.92 Å². The van der Waals surface area contributed by atoms with E-state index in [1.54, 1.807) is 6.20 Å². The number of carbonyl (C=O) groups excluding carboxylic acids is 1. The second-order valence-corrected chi connectivity index (χ2v) is 5.09. The molecule has 1 aromatic heterocycles. The lowest BCUT2D eigenvalue weighted by Gasteiger charge is -2.26. The number of H-pyrrole nitrogens is 1. The van der Waals surface area contributed by atoms with Gasteiger partial charge in [-0.2, -0.15) is 5.10 Å². The van der Waals surface area contributed by atoms with E-state index in [4.69, 9.17) is 0 Å². The van der Waals surface area contributed by atoms with Gasteiger partial charge in [0.1, 0.15) is 0 Å². The molecule has 3 N–H and O–H groups in total. The number of hydrogen-bond donors (Lipinski definition) is 3. The molecule has 1 amide bonds. The Hall–Kier alpha value is -1.59. The molecule has 1 aliphatic rings. The fourth-order valence-corrected chi connectivity index (χ4v) is 2.73. The van der Waals surface area contributed by atoms with E-state index in [1.165, 1.54) is 0 Å². The minimum Gasteiger partial charge on any atom is -0.324 e. The molecule has 2 heterocycles. The molecule has 1 fully saturated rings. The van der Waals surface area contributed by atoms with Crippen molar-refractivity contribution in [2.24, 2.45) is 0 Å². The summed E-state index contributed by atoms with van der Waals surface area (Å²) >= 11 is 0. The van der Waals surface area contributed by atoms with E-state index in [0.29, 0.717) is 0 Å². The normalized spacial score (nSPS) is 21.6. The number of amides is 1. The molecule has 1 aliphatic heterocycles. The monoisotopic (exact) mass is 294 g/mol. The number of nitrogens with one attached hydrogen (secondary N) is 3. The van der Waals surface area contributed by atoms with Crippen LogP contribution in [-0.4, -0.2) is 28.2 Å². The van der Waals surface area contributed by atoms with E-state index in [2.05, 4.69) is 27.8 Å². The molecular formula is C14H19ClN4O. The number of aromatic amines is 1. The fraction of sp³-hybridized carbons (Fsp3) is 0.429. The Kier molecular flexibility index (Phi) is 4.30. The predicted molar refractivity (Wildman–Crippen MR) is 82.2 cm³/mol. The van der Waals surface area contributed by atoms with Crippen LogP contribution in [0, 0.1) is 0 Å². The first-order valence-corrected chi connectivity index (χ1v) is 6.73. The summed E-state index contributed by atoms with van der Waals surface area (Å²) in [5.74, 6) is 0.0614. The van der Waals surface area contributed by atoms with Crippen molar-refractivity contribution in [3.05, 3.63) is 24.4 Å². The molecule has 0 bridgehead atoms. The summed E-state index contributed by atoms with van der Waals surface area (Å²) in [7, 11) is 0. The van der Waals surface area contributed by atoms with E-state index in [-0.39, 0.29) is 18.3 Å². The van der Waals surface area contributed by atoms with Gasteiger partial charge in [-0.3, -0.25) is 9.89 Å². The van der Waals surface area contributed by atoms with E-state index in [0.717, 1.165) is 42.4 Å². The molecule has 0 aliphatic carbocycles. The molecule has 1 atom stereocenters. The highest BCUT2D eigenvalue weighted by Crippen LogP contribution is 2.25. The number of nitrogens with zero attached hydrogens (tertiary/aromatic N) is 1. The van der Waals surface area contributed by atoms with E-state index < -0.39 is 5.54 Å². The van der Waals surface area contributed by atoms with Gasteiger partial charge < -0.3 is 10.6 Å². The van der Waals surface area contributed by atoms with Crippen molar-refractivity contribution < 1.29 is 4.79 Å². The topological polar surface area (TPSA) is 69.8 Å². The second-order valence-electron chi connectivity index (χ2n) is 5.09. The fourth-order valence-electron chi connectivity index (χ4n) is 2.73. The summed E-state index contributed by atoms with van der Waals surface area (Å²) in [5.41, 5.74) is 1.34. The van der Waals surface area contributed by atoms with Gasteiger partial charge in [-0.05, 0) is 44.0 Å². The molecule has 1 unspecified atom stereocenters. The summed E-state index contributed by atoms with van der Waals surface area (Å²) in [4.78, 5) is 12.4. The molecule has 6 heteroatoms. The van der Waals surface area contributed by atoms with E-state index in [9.17, 15) is 4.79 Å². The average molecular weight is 295 g/mol. The molecule has 108 valence electrons. The van der Waals surface area contributed by atoms with Crippen molar-refractivity contribution >= 4 is 34.9 Å². The molecule has 0 saturated carbocycles. The van der Waals surface area contributed by atoms with Crippen LogP contribution in [-0.2, 0) is 4.79 Å². The highest BCUT2D eigenvalue weighted by Gasteiger charge is 2.38. The number of halogens is 1. The van der Waals surface area contributed by atoms with Gasteiger partial charge in [0.05, 0.1) is 17.3 Å². The van der Waals surface area contributed by atoms with Crippen molar-refractivity contribution in [3.8, 4) is 0 Å². The molecule has 1 saturated heterocycles. The first-order chi connectivity index (χ1) is 9.23. The predicted octanol–water partition coefficient (Wildman–Crippen LogP) is 2.46. The van der Waals surface area contributed by atoms with Gasteiger partial charge in [0, 0.05) is 11.1 Å². The second kappa shape index (κ2) is 5.81. The van der Waals surface area contributed by atoms with E-state index >= 15 is 0 Å². The molecule has 3 rings (SSSR count). The van der Waals surface area contributed by atoms with Crippen LogP contribution < -0.4 is 10.6 Å². The maximum Gasteiger partial charge on any atom is 0.244 e. The van der Waals surface area contributed by atoms with Gasteiger partial charge in [0.25, 0.3) is 0 Å². The Morgan fingerprint density at radius 3 is 3.05 bits per heavy atom. The van der Waals surface area contributed by atoms with Crippen molar-refractivity contribution in [2.45, 2.75) is 31.7 Å². The number of anilines is 1. The number of fused-ring (bicyclic) bond motifs is 1.